The van der Waals surface area contributed by atoms with Crippen LogP contribution in [0.4, 0.5) is 0 Å². The van der Waals surface area contributed by atoms with E-state index in [9.17, 15) is 4.79 Å². The first-order valence-corrected chi connectivity index (χ1v) is 4.25. The van der Waals surface area contributed by atoms with Crippen LogP contribution in [0.5, 0.6) is 0 Å². The molecule has 0 spiro atoms. The molecular formula is C8H11Cl2NO. The summed E-state index contributed by atoms with van der Waals surface area (Å²) in [5.41, 5.74) is 0. The fourth-order valence-electron chi connectivity index (χ4n) is 0.862. The maximum atomic E-state index is 10.7. The van der Waals surface area contributed by atoms with Gasteiger partial charge in [-0.2, -0.15) is 0 Å². The first-order chi connectivity index (χ1) is 5.57. The van der Waals surface area contributed by atoms with Gasteiger partial charge in [0.15, 0.2) is 0 Å². The lowest BCUT2D eigenvalue weighted by molar-refractivity contribution is -0.125. The van der Waals surface area contributed by atoms with E-state index in [0.717, 1.165) is 13.0 Å². The lowest BCUT2D eigenvalue weighted by atomic mass is 10.4. The zero-order valence-corrected chi connectivity index (χ0v) is 8.24. The highest BCUT2D eigenvalue weighted by Gasteiger charge is 2.15. The van der Waals surface area contributed by atoms with Crippen LogP contribution in [0.25, 0.3) is 0 Å². The highest BCUT2D eigenvalue weighted by Crippen LogP contribution is 2.08. The molecule has 1 heterocycles. The van der Waals surface area contributed by atoms with Crippen LogP contribution >= 0.6 is 23.2 Å². The number of likely N-dealkylation sites (tertiary alicyclic amines) is 1. The molecule has 0 radical (unpaired) electrons. The Kier molecular flexibility index (Phi) is 5.85. The van der Waals surface area contributed by atoms with Crippen molar-refractivity contribution < 1.29 is 4.79 Å². The molecule has 0 aliphatic carbocycles. The molecule has 0 saturated carbocycles. The van der Waals surface area contributed by atoms with Gasteiger partial charge < -0.3 is 4.90 Å². The number of hydrogen-bond donors (Lipinski definition) is 0. The molecular weight excluding hydrogens is 197 g/mol. The number of carbonyl (C=O) groups is 1. The maximum absolute atomic E-state index is 10.7. The van der Waals surface area contributed by atoms with Crippen molar-refractivity contribution in [2.45, 2.75) is 12.8 Å². The molecule has 0 bridgehead atoms. The van der Waals surface area contributed by atoms with Crippen LogP contribution in [0.3, 0.4) is 0 Å². The number of halogens is 2. The smallest absolute Gasteiger partial charge is 0.226 e. The molecule has 4 heteroatoms. The summed E-state index contributed by atoms with van der Waals surface area (Å²) < 4.78 is 0.111. The SMILES string of the molecule is C=C(Cl)Cl.C=CN1CCCC1=O. The number of nitrogens with zero attached hydrogens (tertiary/aromatic N) is 1. The molecule has 1 aliphatic heterocycles. The lowest BCUT2D eigenvalue weighted by Crippen LogP contribution is -2.16. The van der Waals surface area contributed by atoms with Gasteiger partial charge in [0, 0.05) is 13.0 Å². The summed E-state index contributed by atoms with van der Waals surface area (Å²) in [6.45, 7) is 7.45. The van der Waals surface area contributed by atoms with Gasteiger partial charge in [-0.15, -0.1) is 0 Å². The largest absolute Gasteiger partial charge is 0.320 e. The molecule has 68 valence electrons. The summed E-state index contributed by atoms with van der Waals surface area (Å²) in [7, 11) is 0. The molecule has 1 rings (SSSR count). The monoisotopic (exact) mass is 207 g/mol. The molecule has 12 heavy (non-hydrogen) atoms. The third-order valence-electron chi connectivity index (χ3n) is 1.33. The zero-order chi connectivity index (χ0) is 9.56. The van der Waals surface area contributed by atoms with Gasteiger partial charge >= 0.3 is 0 Å². The van der Waals surface area contributed by atoms with Gasteiger partial charge in [0.25, 0.3) is 0 Å². The summed E-state index contributed by atoms with van der Waals surface area (Å²) in [6, 6.07) is 0. The van der Waals surface area contributed by atoms with E-state index in [1.54, 1.807) is 11.1 Å². The first-order valence-electron chi connectivity index (χ1n) is 3.50. The minimum atomic E-state index is 0.111. The molecule has 2 nitrogen and oxygen atoms in total. The molecule has 0 N–H and O–H groups in total. The van der Waals surface area contributed by atoms with Crippen molar-refractivity contribution in [2.75, 3.05) is 6.54 Å². The zero-order valence-electron chi connectivity index (χ0n) is 6.72. The van der Waals surface area contributed by atoms with Gasteiger partial charge in [0.05, 0.1) is 4.49 Å². The first kappa shape index (κ1) is 11.5. The van der Waals surface area contributed by atoms with Gasteiger partial charge in [0.1, 0.15) is 0 Å². The van der Waals surface area contributed by atoms with E-state index in [1.807, 2.05) is 0 Å². The molecule has 0 atom stereocenters. The maximum Gasteiger partial charge on any atom is 0.226 e. The Morgan fingerprint density at radius 3 is 2.25 bits per heavy atom. The number of rotatable bonds is 1. The van der Waals surface area contributed by atoms with Crippen LogP contribution in [0, 0.1) is 0 Å². The van der Waals surface area contributed by atoms with Crippen molar-refractivity contribution in [1.82, 2.24) is 4.90 Å². The third-order valence-corrected chi connectivity index (χ3v) is 1.33. The topological polar surface area (TPSA) is 20.3 Å². The van der Waals surface area contributed by atoms with Gasteiger partial charge in [-0.3, -0.25) is 4.79 Å². The summed E-state index contributed by atoms with van der Waals surface area (Å²) in [5, 5.41) is 0. The van der Waals surface area contributed by atoms with E-state index in [4.69, 9.17) is 23.2 Å². The molecule has 1 saturated heterocycles. The van der Waals surface area contributed by atoms with Crippen LogP contribution < -0.4 is 0 Å². The predicted molar refractivity (Wildman–Crippen MR) is 52.0 cm³/mol. The second kappa shape index (κ2) is 6.09. The highest BCUT2D eigenvalue weighted by molar-refractivity contribution is 6.55. The second-order valence-corrected chi connectivity index (χ2v) is 3.32. The van der Waals surface area contributed by atoms with E-state index >= 15 is 0 Å². The van der Waals surface area contributed by atoms with Crippen LogP contribution in [0.15, 0.2) is 23.8 Å². The Morgan fingerprint density at radius 1 is 1.58 bits per heavy atom. The van der Waals surface area contributed by atoms with Gasteiger partial charge in [-0.05, 0) is 12.6 Å². The van der Waals surface area contributed by atoms with Crippen LogP contribution in [-0.4, -0.2) is 17.4 Å². The average molecular weight is 208 g/mol. The van der Waals surface area contributed by atoms with Crippen LogP contribution in [0.2, 0.25) is 0 Å². The average Bonchev–Trinajstić information content (AvgIpc) is 2.33. The molecule has 1 aliphatic rings. The minimum absolute atomic E-state index is 0.111. The van der Waals surface area contributed by atoms with E-state index in [2.05, 4.69) is 13.2 Å². The Labute approximate surface area is 82.4 Å². The molecule has 0 aromatic heterocycles. The van der Waals surface area contributed by atoms with Gasteiger partial charge in [-0.25, -0.2) is 0 Å². The van der Waals surface area contributed by atoms with Gasteiger partial charge in [-0.1, -0.05) is 36.4 Å². The van der Waals surface area contributed by atoms with Crippen molar-refractivity contribution in [3.63, 3.8) is 0 Å². The van der Waals surface area contributed by atoms with Crippen molar-refractivity contribution in [3.8, 4) is 0 Å². The summed E-state index contributed by atoms with van der Waals surface area (Å²) in [6.07, 6.45) is 3.28. The second-order valence-electron chi connectivity index (χ2n) is 2.21. The van der Waals surface area contributed by atoms with Crippen molar-refractivity contribution in [3.05, 3.63) is 23.8 Å². The predicted octanol–water partition coefficient (Wildman–Crippen LogP) is 2.69. The van der Waals surface area contributed by atoms with Crippen molar-refractivity contribution in [2.24, 2.45) is 0 Å². The summed E-state index contributed by atoms with van der Waals surface area (Å²) >= 11 is 9.69. The van der Waals surface area contributed by atoms with Gasteiger partial charge in [0.2, 0.25) is 5.91 Å². The number of carbonyl (C=O) groups excluding carboxylic acids is 1. The quantitative estimate of drug-likeness (QED) is 0.648. The molecule has 1 amide bonds. The van der Waals surface area contributed by atoms with E-state index < -0.39 is 0 Å². The van der Waals surface area contributed by atoms with Crippen molar-refractivity contribution in [1.29, 1.82) is 0 Å². The van der Waals surface area contributed by atoms with E-state index in [1.165, 1.54) is 0 Å². The van der Waals surface area contributed by atoms with Crippen LogP contribution in [-0.2, 0) is 4.79 Å². The highest BCUT2D eigenvalue weighted by atomic mass is 35.5. The summed E-state index contributed by atoms with van der Waals surface area (Å²) in [4.78, 5) is 12.3. The number of hydrogen-bond acceptors (Lipinski definition) is 1. The molecule has 0 aromatic carbocycles. The summed E-state index contributed by atoms with van der Waals surface area (Å²) in [5.74, 6) is 0.208. The Morgan fingerprint density at radius 2 is 2.08 bits per heavy atom. The molecule has 1 fully saturated rings. The fraction of sp³-hybridized carbons (Fsp3) is 0.375. The van der Waals surface area contributed by atoms with Crippen molar-refractivity contribution >= 4 is 29.1 Å². The molecule has 0 aromatic rings. The van der Waals surface area contributed by atoms with E-state index in [0.29, 0.717) is 6.42 Å². The Bertz CT molecular complexity index is 187. The van der Waals surface area contributed by atoms with Crippen LogP contribution in [0.1, 0.15) is 12.8 Å². The Balaban J connectivity index is 0.000000261. The third kappa shape index (κ3) is 5.22. The standard InChI is InChI=1S/C6H9NO.C2H2Cl2/c1-2-7-5-3-4-6(7)8;1-2(3)4/h2H,1,3-5H2;1H2. The fourth-order valence-corrected chi connectivity index (χ4v) is 0.862. The van der Waals surface area contributed by atoms with E-state index in [-0.39, 0.29) is 10.4 Å². The lowest BCUT2D eigenvalue weighted by Gasteiger charge is -2.05. The minimum Gasteiger partial charge on any atom is -0.320 e. The molecule has 0 unspecified atom stereocenters. The number of amides is 1. The Hall–Kier alpha value is -0.470. The normalized spacial score (nSPS) is 15.2.